The second-order valence-corrected chi connectivity index (χ2v) is 8.52. The normalized spacial score (nSPS) is 14.8. The van der Waals surface area contributed by atoms with Gasteiger partial charge in [-0.2, -0.15) is 8.42 Å². The molecule has 28 heavy (non-hydrogen) atoms. The molecule has 0 amide bonds. The summed E-state index contributed by atoms with van der Waals surface area (Å²) >= 11 is 0. The highest BCUT2D eigenvalue weighted by molar-refractivity contribution is 7.85. The standard InChI is InChI=1S/C19H22N2O2.CH4O3S/c20-19(21)16-7-6-15-12-17(9-8-14(15)11-16)23-18(22)10-13-4-2-1-3-5-13;1-5(2,3)4/h6-9,11-13H,1-5,10H2,(H3,20,21);1H3,(H,2,3,4). The van der Waals surface area contributed by atoms with Crippen LogP contribution in [0.5, 0.6) is 5.75 Å². The molecule has 0 aromatic heterocycles. The van der Waals surface area contributed by atoms with Crippen molar-refractivity contribution < 1.29 is 22.5 Å². The fourth-order valence-corrected chi connectivity index (χ4v) is 3.25. The second kappa shape index (κ2) is 9.66. The van der Waals surface area contributed by atoms with Gasteiger partial charge < -0.3 is 10.5 Å². The quantitative estimate of drug-likeness (QED) is 0.234. The topological polar surface area (TPSA) is 131 Å². The summed E-state index contributed by atoms with van der Waals surface area (Å²) in [5.74, 6) is 0.968. The van der Waals surface area contributed by atoms with E-state index in [1.165, 1.54) is 19.3 Å². The van der Waals surface area contributed by atoms with Crippen LogP contribution in [-0.4, -0.2) is 31.0 Å². The van der Waals surface area contributed by atoms with E-state index in [1.807, 2.05) is 24.3 Å². The number of benzene rings is 2. The van der Waals surface area contributed by atoms with Crippen molar-refractivity contribution in [1.29, 1.82) is 5.41 Å². The Morgan fingerprint density at radius 2 is 1.71 bits per heavy atom. The molecule has 0 spiro atoms. The molecule has 1 fully saturated rings. The molecular formula is C20H26N2O5S. The molecule has 3 rings (SSSR count). The summed E-state index contributed by atoms with van der Waals surface area (Å²) in [5, 5.41) is 9.42. The van der Waals surface area contributed by atoms with Crippen LogP contribution in [0, 0.1) is 11.3 Å². The number of hydrogen-bond acceptors (Lipinski definition) is 5. The van der Waals surface area contributed by atoms with Gasteiger partial charge in [0.15, 0.2) is 0 Å². The third-order valence-corrected chi connectivity index (χ3v) is 4.53. The van der Waals surface area contributed by atoms with E-state index in [1.54, 1.807) is 12.1 Å². The van der Waals surface area contributed by atoms with Gasteiger partial charge in [-0.25, -0.2) is 0 Å². The molecule has 2 aromatic carbocycles. The van der Waals surface area contributed by atoms with Crippen molar-refractivity contribution in [1.82, 2.24) is 0 Å². The number of carbonyl (C=O) groups is 1. The maximum atomic E-state index is 12.1. The molecular weight excluding hydrogens is 380 g/mol. The van der Waals surface area contributed by atoms with Gasteiger partial charge >= 0.3 is 5.97 Å². The van der Waals surface area contributed by atoms with Crippen molar-refractivity contribution in [3.63, 3.8) is 0 Å². The number of nitrogens with two attached hydrogens (primary N) is 1. The van der Waals surface area contributed by atoms with Gasteiger partial charge in [-0.15, -0.1) is 0 Å². The molecule has 1 aliphatic rings. The lowest BCUT2D eigenvalue weighted by atomic mass is 9.87. The number of ether oxygens (including phenoxy) is 1. The van der Waals surface area contributed by atoms with Crippen molar-refractivity contribution in [2.75, 3.05) is 6.26 Å². The van der Waals surface area contributed by atoms with Crippen molar-refractivity contribution in [2.24, 2.45) is 11.7 Å². The summed E-state index contributed by atoms with van der Waals surface area (Å²) in [4.78, 5) is 12.1. The number of nitrogens with one attached hydrogen (secondary N) is 1. The molecule has 0 atom stereocenters. The molecule has 0 aliphatic heterocycles. The number of nitrogen functional groups attached to an aromatic ring is 1. The zero-order valence-corrected chi connectivity index (χ0v) is 16.7. The Kier molecular flexibility index (Phi) is 7.53. The van der Waals surface area contributed by atoms with Gasteiger partial charge in [0.2, 0.25) is 0 Å². The minimum absolute atomic E-state index is 0.0508. The minimum Gasteiger partial charge on any atom is -0.426 e. The molecule has 4 N–H and O–H groups in total. The van der Waals surface area contributed by atoms with E-state index in [-0.39, 0.29) is 11.8 Å². The van der Waals surface area contributed by atoms with E-state index in [2.05, 4.69) is 0 Å². The maximum Gasteiger partial charge on any atom is 0.311 e. The first-order valence-corrected chi connectivity index (χ1v) is 11.0. The second-order valence-electron chi connectivity index (χ2n) is 7.05. The Balaban J connectivity index is 0.000000500. The Labute approximate surface area is 165 Å². The lowest BCUT2D eigenvalue weighted by Gasteiger charge is -2.20. The highest BCUT2D eigenvalue weighted by atomic mass is 32.2. The van der Waals surface area contributed by atoms with Crippen LogP contribution in [0.4, 0.5) is 0 Å². The molecule has 0 saturated heterocycles. The molecule has 0 radical (unpaired) electrons. The first kappa shape index (κ1) is 21.8. The number of amidine groups is 1. The van der Waals surface area contributed by atoms with Gasteiger partial charge in [-0.1, -0.05) is 37.5 Å². The minimum atomic E-state index is -3.67. The molecule has 7 nitrogen and oxygen atoms in total. The van der Waals surface area contributed by atoms with E-state index in [9.17, 15) is 13.2 Å². The monoisotopic (exact) mass is 406 g/mol. The smallest absolute Gasteiger partial charge is 0.311 e. The SMILES string of the molecule is CS(=O)(=O)O.N=C(N)c1ccc2cc(OC(=O)CC3CCCCC3)ccc2c1. The zero-order valence-electron chi connectivity index (χ0n) is 15.8. The van der Waals surface area contributed by atoms with Crippen LogP contribution in [-0.2, 0) is 14.9 Å². The van der Waals surface area contributed by atoms with Gasteiger partial charge in [-0.05, 0) is 47.7 Å². The summed E-state index contributed by atoms with van der Waals surface area (Å²) in [6.07, 6.45) is 7.26. The van der Waals surface area contributed by atoms with Gasteiger partial charge in [0.25, 0.3) is 10.1 Å². The van der Waals surface area contributed by atoms with Crippen LogP contribution in [0.15, 0.2) is 36.4 Å². The number of hydrogen-bond donors (Lipinski definition) is 3. The fraction of sp³-hybridized carbons (Fsp3) is 0.400. The Hall–Kier alpha value is -2.45. The van der Waals surface area contributed by atoms with Crippen molar-refractivity contribution in [3.05, 3.63) is 42.0 Å². The molecule has 8 heteroatoms. The van der Waals surface area contributed by atoms with Gasteiger partial charge in [0, 0.05) is 12.0 Å². The van der Waals surface area contributed by atoms with Crippen LogP contribution >= 0.6 is 0 Å². The van der Waals surface area contributed by atoms with E-state index in [0.717, 1.165) is 23.6 Å². The highest BCUT2D eigenvalue weighted by Gasteiger charge is 2.18. The van der Waals surface area contributed by atoms with Gasteiger partial charge in [0.1, 0.15) is 11.6 Å². The van der Waals surface area contributed by atoms with Crippen LogP contribution in [0.2, 0.25) is 0 Å². The summed E-state index contributed by atoms with van der Waals surface area (Å²) in [5.41, 5.74) is 6.20. The summed E-state index contributed by atoms with van der Waals surface area (Å²) < 4.78 is 31.4. The molecule has 0 unspecified atom stereocenters. The maximum absolute atomic E-state index is 12.1. The first-order valence-electron chi connectivity index (χ1n) is 9.13. The zero-order chi connectivity index (χ0) is 20.7. The number of rotatable bonds is 4. The van der Waals surface area contributed by atoms with E-state index in [4.69, 9.17) is 20.4 Å². The average Bonchev–Trinajstić information content (AvgIpc) is 2.60. The van der Waals surface area contributed by atoms with Crippen LogP contribution < -0.4 is 10.5 Å². The fourth-order valence-electron chi connectivity index (χ4n) is 3.25. The summed E-state index contributed by atoms with van der Waals surface area (Å²) in [6.45, 7) is 0. The molecule has 0 heterocycles. The summed E-state index contributed by atoms with van der Waals surface area (Å²) in [6, 6.07) is 11.1. The molecule has 2 aromatic rings. The van der Waals surface area contributed by atoms with Gasteiger partial charge in [-0.3, -0.25) is 14.8 Å². The lowest BCUT2D eigenvalue weighted by molar-refractivity contribution is -0.135. The van der Waals surface area contributed by atoms with Gasteiger partial charge in [0.05, 0.1) is 6.26 Å². The number of carbonyl (C=O) groups excluding carboxylic acids is 1. The van der Waals surface area contributed by atoms with Crippen molar-refractivity contribution in [3.8, 4) is 5.75 Å². The van der Waals surface area contributed by atoms with Crippen LogP contribution in [0.1, 0.15) is 44.1 Å². The lowest BCUT2D eigenvalue weighted by Crippen LogP contribution is -2.16. The predicted octanol–water partition coefficient (Wildman–Crippen LogP) is 3.50. The molecule has 1 aliphatic carbocycles. The number of fused-ring (bicyclic) bond motifs is 1. The average molecular weight is 407 g/mol. The molecule has 1 saturated carbocycles. The van der Waals surface area contributed by atoms with E-state index in [0.29, 0.717) is 29.9 Å². The summed E-state index contributed by atoms with van der Waals surface area (Å²) in [7, 11) is -3.67. The Bertz CT molecular complexity index is 942. The van der Waals surface area contributed by atoms with E-state index < -0.39 is 10.1 Å². The molecule has 152 valence electrons. The number of esters is 1. The van der Waals surface area contributed by atoms with E-state index >= 15 is 0 Å². The largest absolute Gasteiger partial charge is 0.426 e. The predicted molar refractivity (Wildman–Crippen MR) is 109 cm³/mol. The van der Waals surface area contributed by atoms with Crippen molar-refractivity contribution >= 4 is 32.7 Å². The Morgan fingerprint density at radius 1 is 1.14 bits per heavy atom. The molecule has 0 bridgehead atoms. The Morgan fingerprint density at radius 3 is 2.32 bits per heavy atom. The van der Waals surface area contributed by atoms with Crippen LogP contribution in [0.3, 0.4) is 0 Å². The first-order chi connectivity index (χ1) is 13.1. The third-order valence-electron chi connectivity index (χ3n) is 4.53. The highest BCUT2D eigenvalue weighted by Crippen LogP contribution is 2.27. The third kappa shape index (κ3) is 7.66. The van der Waals surface area contributed by atoms with Crippen molar-refractivity contribution in [2.45, 2.75) is 38.5 Å². The van der Waals surface area contributed by atoms with Crippen LogP contribution in [0.25, 0.3) is 10.8 Å².